The van der Waals surface area contributed by atoms with E-state index >= 15 is 0 Å². The van der Waals surface area contributed by atoms with Crippen LogP contribution in [0.1, 0.15) is 23.2 Å². The van der Waals surface area contributed by atoms with Crippen LogP contribution in [-0.4, -0.2) is 21.1 Å². The molecule has 0 saturated heterocycles. The molecule has 4 rings (SSSR count). The Labute approximate surface area is 115 Å². The third-order valence-corrected chi connectivity index (χ3v) is 4.29. The zero-order valence-corrected chi connectivity index (χ0v) is 10.8. The minimum Gasteiger partial charge on any atom is -0.362 e. The third kappa shape index (κ3) is 1.39. The van der Waals surface area contributed by atoms with Gasteiger partial charge in [-0.3, -0.25) is 10.1 Å². The maximum Gasteiger partial charge on any atom is 0.269 e. The number of imidazole rings is 1. The first-order valence-electron chi connectivity index (χ1n) is 6.63. The number of benzene rings is 1. The van der Waals surface area contributed by atoms with Crippen molar-refractivity contribution in [1.29, 1.82) is 0 Å². The molecule has 6 nitrogen and oxygen atoms in total. The largest absolute Gasteiger partial charge is 0.362 e. The Morgan fingerprint density at radius 2 is 2.35 bits per heavy atom. The summed E-state index contributed by atoms with van der Waals surface area (Å²) in [6.45, 7) is 1.44. The third-order valence-electron chi connectivity index (χ3n) is 4.29. The average Bonchev–Trinajstić information content (AvgIpc) is 3.05. The average molecular weight is 271 g/mol. The first-order valence-corrected chi connectivity index (χ1v) is 6.63. The second-order valence-electron chi connectivity index (χ2n) is 5.25. The van der Waals surface area contributed by atoms with Crippen LogP contribution in [0.3, 0.4) is 0 Å². The van der Waals surface area contributed by atoms with Crippen molar-refractivity contribution in [2.45, 2.75) is 25.0 Å². The highest BCUT2D eigenvalue weighted by atomic mass is 16.6. The van der Waals surface area contributed by atoms with Gasteiger partial charge in [-0.25, -0.2) is 4.98 Å². The number of nitro groups is 1. The molecule has 1 aromatic carbocycles. The Kier molecular flexibility index (Phi) is 2.26. The van der Waals surface area contributed by atoms with Crippen molar-refractivity contribution in [3.8, 4) is 0 Å². The van der Waals surface area contributed by atoms with Gasteiger partial charge in [0.05, 0.1) is 29.7 Å². The Morgan fingerprint density at radius 1 is 1.45 bits per heavy atom. The summed E-state index contributed by atoms with van der Waals surface area (Å²) in [5.41, 5.74) is 2.78. The SMILES string of the molecule is O=[N+]([O-])c1ccc2c(c1)CCC21OCCn2cncc21. The molecule has 0 fully saturated rings. The molecule has 1 aliphatic carbocycles. The van der Waals surface area contributed by atoms with Crippen LogP contribution in [0.5, 0.6) is 0 Å². The summed E-state index contributed by atoms with van der Waals surface area (Å²) < 4.78 is 8.22. The molecule has 1 aliphatic heterocycles. The molecule has 102 valence electrons. The number of aromatic nitrogens is 2. The number of hydrogen-bond acceptors (Lipinski definition) is 4. The van der Waals surface area contributed by atoms with Gasteiger partial charge in [0.15, 0.2) is 0 Å². The summed E-state index contributed by atoms with van der Waals surface area (Å²) in [6.07, 6.45) is 5.27. The fourth-order valence-electron chi connectivity index (χ4n) is 3.38. The summed E-state index contributed by atoms with van der Waals surface area (Å²) >= 11 is 0. The molecule has 1 aromatic heterocycles. The Morgan fingerprint density at radius 3 is 3.20 bits per heavy atom. The van der Waals surface area contributed by atoms with E-state index in [4.69, 9.17) is 4.74 Å². The second-order valence-corrected chi connectivity index (χ2v) is 5.25. The lowest BCUT2D eigenvalue weighted by atomic mass is 9.91. The van der Waals surface area contributed by atoms with Gasteiger partial charge >= 0.3 is 0 Å². The number of fused-ring (bicyclic) bond motifs is 4. The van der Waals surface area contributed by atoms with Crippen molar-refractivity contribution in [1.82, 2.24) is 9.55 Å². The van der Waals surface area contributed by atoms with Gasteiger partial charge in [0, 0.05) is 18.7 Å². The highest BCUT2D eigenvalue weighted by Gasteiger charge is 2.45. The standard InChI is InChI=1S/C14H13N3O3/c18-17(19)11-1-2-12-10(7-11)3-4-14(12)13-8-15-9-16(13)5-6-20-14/h1-2,7-9H,3-6H2. The van der Waals surface area contributed by atoms with Crippen molar-refractivity contribution < 1.29 is 9.66 Å². The zero-order valence-electron chi connectivity index (χ0n) is 10.8. The molecule has 2 heterocycles. The van der Waals surface area contributed by atoms with Crippen LogP contribution in [0.4, 0.5) is 5.69 Å². The number of nitro benzene ring substituents is 1. The van der Waals surface area contributed by atoms with E-state index in [9.17, 15) is 10.1 Å². The summed E-state index contributed by atoms with van der Waals surface area (Å²) in [4.78, 5) is 14.8. The van der Waals surface area contributed by atoms with Crippen LogP contribution < -0.4 is 0 Å². The predicted molar refractivity (Wildman–Crippen MR) is 70.4 cm³/mol. The van der Waals surface area contributed by atoms with Crippen LogP contribution in [0.2, 0.25) is 0 Å². The molecular formula is C14H13N3O3. The maximum atomic E-state index is 10.9. The Balaban J connectivity index is 1.88. The van der Waals surface area contributed by atoms with Crippen LogP contribution in [0, 0.1) is 10.1 Å². The highest BCUT2D eigenvalue weighted by Crippen LogP contribution is 2.47. The Bertz CT molecular complexity index is 709. The van der Waals surface area contributed by atoms with Crippen LogP contribution in [0.15, 0.2) is 30.7 Å². The molecule has 6 heteroatoms. The topological polar surface area (TPSA) is 70.2 Å². The van der Waals surface area contributed by atoms with Gasteiger partial charge in [-0.2, -0.15) is 0 Å². The smallest absolute Gasteiger partial charge is 0.269 e. The second kappa shape index (κ2) is 3.89. The summed E-state index contributed by atoms with van der Waals surface area (Å²) in [5.74, 6) is 0. The van der Waals surface area contributed by atoms with Crippen molar-refractivity contribution in [2.24, 2.45) is 0 Å². The van der Waals surface area contributed by atoms with Crippen molar-refractivity contribution in [2.75, 3.05) is 6.61 Å². The maximum absolute atomic E-state index is 10.9. The number of ether oxygens (including phenoxy) is 1. The van der Waals surface area contributed by atoms with Gasteiger partial charge < -0.3 is 9.30 Å². The number of aryl methyl sites for hydroxylation is 1. The fourth-order valence-corrected chi connectivity index (χ4v) is 3.38. The van der Waals surface area contributed by atoms with Crippen LogP contribution in [-0.2, 0) is 23.3 Å². The van der Waals surface area contributed by atoms with Crippen molar-refractivity contribution in [3.63, 3.8) is 0 Å². The molecule has 0 amide bonds. The van der Waals surface area contributed by atoms with Crippen molar-refractivity contribution >= 4 is 5.69 Å². The van der Waals surface area contributed by atoms with Gasteiger partial charge in [0.2, 0.25) is 0 Å². The molecule has 1 atom stereocenters. The van der Waals surface area contributed by atoms with E-state index in [1.165, 1.54) is 0 Å². The summed E-state index contributed by atoms with van der Waals surface area (Å²) in [7, 11) is 0. The summed E-state index contributed by atoms with van der Waals surface area (Å²) in [6, 6.07) is 5.07. The van der Waals surface area contributed by atoms with Crippen LogP contribution >= 0.6 is 0 Å². The monoisotopic (exact) mass is 271 g/mol. The Hall–Kier alpha value is -2.21. The molecule has 1 unspecified atom stereocenters. The number of hydrogen-bond donors (Lipinski definition) is 0. The van der Waals surface area contributed by atoms with Crippen molar-refractivity contribution in [3.05, 3.63) is 57.7 Å². The quantitative estimate of drug-likeness (QED) is 0.587. The van der Waals surface area contributed by atoms with E-state index in [1.807, 2.05) is 18.6 Å². The molecule has 0 radical (unpaired) electrons. The summed E-state index contributed by atoms with van der Waals surface area (Å²) in [5, 5.41) is 10.9. The molecule has 20 heavy (non-hydrogen) atoms. The van der Waals surface area contributed by atoms with Gasteiger partial charge in [0.1, 0.15) is 5.60 Å². The lowest BCUT2D eigenvalue weighted by Gasteiger charge is -2.35. The normalized spacial score (nSPS) is 23.6. The molecule has 0 N–H and O–H groups in total. The molecule has 1 spiro atoms. The molecule has 0 saturated carbocycles. The van der Waals surface area contributed by atoms with Gasteiger partial charge in [-0.15, -0.1) is 0 Å². The molecule has 2 aliphatic rings. The van der Waals surface area contributed by atoms with E-state index in [-0.39, 0.29) is 10.6 Å². The van der Waals surface area contributed by atoms with Gasteiger partial charge in [0.25, 0.3) is 5.69 Å². The van der Waals surface area contributed by atoms with E-state index in [2.05, 4.69) is 9.55 Å². The van der Waals surface area contributed by atoms with Gasteiger partial charge in [-0.05, 0) is 30.0 Å². The minimum atomic E-state index is -0.473. The fraction of sp³-hybridized carbons (Fsp3) is 0.357. The van der Waals surface area contributed by atoms with Gasteiger partial charge in [-0.1, -0.05) is 0 Å². The lowest BCUT2D eigenvalue weighted by Crippen LogP contribution is -2.37. The number of nitrogens with zero attached hydrogens (tertiary/aromatic N) is 3. The van der Waals surface area contributed by atoms with E-state index in [0.717, 1.165) is 36.2 Å². The number of rotatable bonds is 1. The van der Waals surface area contributed by atoms with E-state index in [1.54, 1.807) is 12.1 Å². The lowest BCUT2D eigenvalue weighted by molar-refractivity contribution is -0.384. The van der Waals surface area contributed by atoms with E-state index < -0.39 is 5.60 Å². The number of non-ortho nitro benzene ring substituents is 1. The first-order chi connectivity index (χ1) is 9.71. The van der Waals surface area contributed by atoms with Crippen LogP contribution in [0.25, 0.3) is 0 Å². The first kappa shape index (κ1) is 11.6. The molecule has 0 bridgehead atoms. The molecule has 2 aromatic rings. The zero-order chi connectivity index (χ0) is 13.7. The highest BCUT2D eigenvalue weighted by molar-refractivity contribution is 5.49. The predicted octanol–water partition coefficient (Wildman–Crippen LogP) is 2.01. The van der Waals surface area contributed by atoms with E-state index in [0.29, 0.717) is 6.61 Å². The minimum absolute atomic E-state index is 0.144. The molecular weight excluding hydrogens is 258 g/mol.